The topological polar surface area (TPSA) is 59.6 Å². The van der Waals surface area contributed by atoms with Gasteiger partial charge in [0.1, 0.15) is 11.5 Å². The average molecular weight is 377 g/mol. The van der Waals surface area contributed by atoms with Crippen LogP contribution in [0.4, 0.5) is 5.69 Å². The van der Waals surface area contributed by atoms with Crippen LogP contribution in [-0.2, 0) is 11.2 Å². The molecular weight excluding hydrogens is 352 g/mol. The Labute approximate surface area is 159 Å². The lowest BCUT2D eigenvalue weighted by Crippen LogP contribution is -2.32. The Hall–Kier alpha value is -2.24. The summed E-state index contributed by atoms with van der Waals surface area (Å²) in [7, 11) is 3.15. The summed E-state index contributed by atoms with van der Waals surface area (Å²) in [4.78, 5) is 12.3. The number of carbonyl (C=O) groups is 1. The first kappa shape index (κ1) is 20.1. The molecule has 0 aromatic heterocycles. The third kappa shape index (κ3) is 6.24. The first-order valence-electron chi connectivity index (χ1n) is 8.51. The van der Waals surface area contributed by atoms with Crippen molar-refractivity contribution in [2.24, 2.45) is 0 Å². The number of amides is 1. The van der Waals surface area contributed by atoms with Crippen molar-refractivity contribution in [2.45, 2.75) is 25.8 Å². The number of ether oxygens (including phenoxy) is 2. The van der Waals surface area contributed by atoms with Crippen molar-refractivity contribution in [1.82, 2.24) is 5.32 Å². The maximum absolute atomic E-state index is 12.3. The van der Waals surface area contributed by atoms with Crippen LogP contribution in [0.1, 0.15) is 18.9 Å². The predicted molar refractivity (Wildman–Crippen MR) is 105 cm³/mol. The van der Waals surface area contributed by atoms with E-state index in [4.69, 9.17) is 21.1 Å². The molecule has 2 rings (SSSR count). The molecule has 1 atom stereocenters. The van der Waals surface area contributed by atoms with E-state index in [1.807, 2.05) is 31.2 Å². The molecule has 2 N–H and O–H groups in total. The summed E-state index contributed by atoms with van der Waals surface area (Å²) in [6, 6.07) is 13.1. The van der Waals surface area contributed by atoms with Crippen LogP contribution in [0.5, 0.6) is 11.5 Å². The molecule has 2 aromatic rings. The highest BCUT2D eigenvalue weighted by molar-refractivity contribution is 6.30. The maximum atomic E-state index is 12.3. The molecule has 1 unspecified atom stereocenters. The van der Waals surface area contributed by atoms with Crippen LogP contribution in [0.2, 0.25) is 5.02 Å². The maximum Gasteiger partial charge on any atom is 0.226 e. The van der Waals surface area contributed by atoms with E-state index in [9.17, 15) is 4.79 Å². The number of rotatable bonds is 9. The van der Waals surface area contributed by atoms with Crippen LogP contribution in [0.25, 0.3) is 0 Å². The smallest absolute Gasteiger partial charge is 0.226 e. The normalized spacial score (nSPS) is 11.7. The second-order valence-corrected chi connectivity index (χ2v) is 6.49. The molecule has 1 amide bonds. The molecule has 0 radical (unpaired) electrons. The van der Waals surface area contributed by atoms with Crippen molar-refractivity contribution in [3.05, 3.63) is 53.1 Å². The molecule has 0 saturated heterocycles. The number of halogens is 1. The molecule has 0 fully saturated rings. The van der Waals surface area contributed by atoms with Gasteiger partial charge in [0, 0.05) is 23.6 Å². The van der Waals surface area contributed by atoms with Gasteiger partial charge >= 0.3 is 0 Å². The molecule has 0 spiro atoms. The van der Waals surface area contributed by atoms with Gasteiger partial charge in [-0.15, -0.1) is 0 Å². The van der Waals surface area contributed by atoms with E-state index >= 15 is 0 Å². The fourth-order valence-corrected chi connectivity index (χ4v) is 2.69. The fraction of sp³-hybridized carbons (Fsp3) is 0.350. The number of nitrogens with one attached hydrogen (secondary N) is 2. The minimum absolute atomic E-state index is 0.0616. The first-order chi connectivity index (χ1) is 12.5. The lowest BCUT2D eigenvalue weighted by atomic mass is 10.1. The molecule has 0 saturated carbocycles. The Bertz CT molecular complexity index is 719. The van der Waals surface area contributed by atoms with Crippen molar-refractivity contribution >= 4 is 23.2 Å². The van der Waals surface area contributed by atoms with Crippen molar-refractivity contribution < 1.29 is 14.3 Å². The zero-order chi connectivity index (χ0) is 18.9. The van der Waals surface area contributed by atoms with E-state index in [0.717, 1.165) is 18.0 Å². The number of anilines is 1. The van der Waals surface area contributed by atoms with Gasteiger partial charge in [-0.2, -0.15) is 0 Å². The number of hydrogen-bond donors (Lipinski definition) is 2. The highest BCUT2D eigenvalue weighted by Crippen LogP contribution is 2.29. The molecule has 26 heavy (non-hydrogen) atoms. The second kappa shape index (κ2) is 10.0. The van der Waals surface area contributed by atoms with Gasteiger partial charge in [0.15, 0.2) is 0 Å². The SMILES string of the molecule is COc1ccc(NC(=O)CC(C)NCCc2ccc(Cl)cc2)c(OC)c1. The third-order valence-corrected chi connectivity index (χ3v) is 4.25. The summed E-state index contributed by atoms with van der Waals surface area (Å²) >= 11 is 5.88. The molecular formula is C20H25ClN2O3. The van der Waals surface area contributed by atoms with Crippen LogP contribution in [0.3, 0.4) is 0 Å². The van der Waals surface area contributed by atoms with Gasteiger partial charge in [-0.1, -0.05) is 23.7 Å². The monoisotopic (exact) mass is 376 g/mol. The standard InChI is InChI=1S/C20H25ClN2O3/c1-14(22-11-10-15-4-6-16(21)7-5-15)12-20(24)23-18-9-8-17(25-2)13-19(18)26-3/h4-9,13-14,22H,10-12H2,1-3H3,(H,23,24). The van der Waals surface area contributed by atoms with Gasteiger partial charge in [-0.25, -0.2) is 0 Å². The molecule has 5 nitrogen and oxygen atoms in total. The minimum Gasteiger partial charge on any atom is -0.497 e. The number of methoxy groups -OCH3 is 2. The summed E-state index contributed by atoms with van der Waals surface area (Å²) in [6.45, 7) is 2.79. The quantitative estimate of drug-likeness (QED) is 0.696. The summed E-state index contributed by atoms with van der Waals surface area (Å²) in [5.74, 6) is 1.18. The van der Waals surface area contributed by atoms with Crippen molar-refractivity contribution in [1.29, 1.82) is 0 Å². The highest BCUT2D eigenvalue weighted by atomic mass is 35.5. The molecule has 0 aliphatic rings. The summed E-state index contributed by atoms with van der Waals surface area (Å²) in [6.07, 6.45) is 1.26. The zero-order valence-corrected chi connectivity index (χ0v) is 16.1. The summed E-state index contributed by atoms with van der Waals surface area (Å²) in [5, 5.41) is 6.98. The Morgan fingerprint density at radius 1 is 1.12 bits per heavy atom. The average Bonchev–Trinajstić information content (AvgIpc) is 2.63. The van der Waals surface area contributed by atoms with Crippen molar-refractivity contribution in [2.75, 3.05) is 26.1 Å². The van der Waals surface area contributed by atoms with Gasteiger partial charge in [-0.3, -0.25) is 4.79 Å². The second-order valence-electron chi connectivity index (χ2n) is 6.05. The van der Waals surface area contributed by atoms with Crippen LogP contribution in [0.15, 0.2) is 42.5 Å². The van der Waals surface area contributed by atoms with E-state index < -0.39 is 0 Å². The number of benzene rings is 2. The van der Waals surface area contributed by atoms with Gasteiger partial charge in [0.2, 0.25) is 5.91 Å². The molecule has 140 valence electrons. The Kier molecular flexibility index (Phi) is 7.75. The van der Waals surface area contributed by atoms with Crippen LogP contribution >= 0.6 is 11.6 Å². The molecule has 0 aliphatic heterocycles. The van der Waals surface area contributed by atoms with Crippen molar-refractivity contribution in [3.8, 4) is 11.5 Å². The Balaban J connectivity index is 1.79. The molecule has 2 aromatic carbocycles. The van der Waals surface area contributed by atoms with E-state index in [0.29, 0.717) is 23.6 Å². The molecule has 0 bridgehead atoms. The van der Waals surface area contributed by atoms with E-state index in [2.05, 4.69) is 10.6 Å². The highest BCUT2D eigenvalue weighted by Gasteiger charge is 2.12. The van der Waals surface area contributed by atoms with Gasteiger partial charge < -0.3 is 20.1 Å². The molecule has 0 aliphatic carbocycles. The van der Waals surface area contributed by atoms with E-state index in [1.165, 1.54) is 5.56 Å². The summed E-state index contributed by atoms with van der Waals surface area (Å²) < 4.78 is 10.5. The van der Waals surface area contributed by atoms with Gasteiger partial charge in [0.25, 0.3) is 0 Å². The molecule has 6 heteroatoms. The van der Waals surface area contributed by atoms with Crippen LogP contribution < -0.4 is 20.1 Å². The van der Waals surface area contributed by atoms with Crippen LogP contribution in [-0.4, -0.2) is 32.7 Å². The van der Waals surface area contributed by atoms with Crippen LogP contribution in [0, 0.1) is 0 Å². The number of hydrogen-bond acceptors (Lipinski definition) is 4. The first-order valence-corrected chi connectivity index (χ1v) is 8.89. The third-order valence-electron chi connectivity index (χ3n) is 3.99. The zero-order valence-electron chi connectivity index (χ0n) is 15.3. The van der Waals surface area contributed by atoms with Crippen molar-refractivity contribution in [3.63, 3.8) is 0 Å². The van der Waals surface area contributed by atoms with E-state index in [1.54, 1.807) is 32.4 Å². The number of carbonyl (C=O) groups excluding carboxylic acids is 1. The lowest BCUT2D eigenvalue weighted by Gasteiger charge is -2.15. The molecule has 0 heterocycles. The largest absolute Gasteiger partial charge is 0.497 e. The Morgan fingerprint density at radius 2 is 1.85 bits per heavy atom. The van der Waals surface area contributed by atoms with E-state index in [-0.39, 0.29) is 11.9 Å². The van der Waals surface area contributed by atoms with Gasteiger partial charge in [0.05, 0.1) is 19.9 Å². The predicted octanol–water partition coefficient (Wildman–Crippen LogP) is 3.91. The Morgan fingerprint density at radius 3 is 2.50 bits per heavy atom. The minimum atomic E-state index is -0.0695. The fourth-order valence-electron chi connectivity index (χ4n) is 2.57. The lowest BCUT2D eigenvalue weighted by molar-refractivity contribution is -0.116. The van der Waals surface area contributed by atoms with Gasteiger partial charge in [-0.05, 0) is 49.7 Å². The summed E-state index contributed by atoms with van der Waals surface area (Å²) in [5.41, 5.74) is 1.84.